The van der Waals surface area contributed by atoms with Crippen LogP contribution in [-0.2, 0) is 0 Å². The molecule has 8 heteroatoms. The molecule has 2 rings (SSSR count). The number of nitrogens with one attached hydrogen (secondary N) is 2. The summed E-state index contributed by atoms with van der Waals surface area (Å²) in [5, 5.41) is 7.63. The van der Waals surface area contributed by atoms with Crippen molar-refractivity contribution in [2.24, 2.45) is 5.92 Å². The average molecular weight is 445 g/mol. The van der Waals surface area contributed by atoms with Crippen molar-refractivity contribution >= 4 is 29.2 Å². The van der Waals surface area contributed by atoms with Gasteiger partial charge < -0.3 is 15.5 Å². The number of anilines is 1. The second-order valence-electron chi connectivity index (χ2n) is 9.87. The number of hydrogen-bond acceptors (Lipinski definition) is 6. The lowest BCUT2D eigenvalue weighted by Crippen LogP contribution is -2.62. The SMILES string of the molecule is CCN(CC)CCCC(C)(Nc1nc(Cl)nc(Cl)n1)C1CC(C)(C)NC(C)(C)C1. The van der Waals surface area contributed by atoms with Gasteiger partial charge in [-0.05, 0) is 109 Å². The van der Waals surface area contributed by atoms with Crippen LogP contribution in [0, 0.1) is 5.92 Å². The van der Waals surface area contributed by atoms with Gasteiger partial charge in [0.25, 0.3) is 0 Å². The highest BCUT2D eigenvalue weighted by atomic mass is 35.5. The van der Waals surface area contributed by atoms with Crippen LogP contribution in [0.3, 0.4) is 0 Å². The Kier molecular flexibility index (Phi) is 8.16. The van der Waals surface area contributed by atoms with E-state index < -0.39 is 0 Å². The first-order chi connectivity index (χ1) is 13.4. The average Bonchev–Trinajstić information content (AvgIpc) is 2.55. The van der Waals surface area contributed by atoms with Crippen LogP contribution < -0.4 is 10.6 Å². The number of aromatic nitrogens is 3. The van der Waals surface area contributed by atoms with E-state index in [-0.39, 0.29) is 27.2 Å². The maximum Gasteiger partial charge on any atom is 0.228 e. The van der Waals surface area contributed by atoms with E-state index in [1.54, 1.807) is 0 Å². The van der Waals surface area contributed by atoms with Crippen molar-refractivity contribution in [3.63, 3.8) is 0 Å². The van der Waals surface area contributed by atoms with E-state index in [9.17, 15) is 0 Å². The molecular formula is C21H38Cl2N6. The first-order valence-electron chi connectivity index (χ1n) is 10.7. The molecule has 0 bridgehead atoms. The molecule has 0 spiro atoms. The van der Waals surface area contributed by atoms with E-state index in [0.29, 0.717) is 11.9 Å². The molecule has 1 unspecified atom stereocenters. The van der Waals surface area contributed by atoms with Gasteiger partial charge in [0, 0.05) is 16.6 Å². The zero-order chi connectivity index (χ0) is 21.9. The Morgan fingerprint density at radius 3 is 2.03 bits per heavy atom. The van der Waals surface area contributed by atoms with Gasteiger partial charge in [0.15, 0.2) is 0 Å². The summed E-state index contributed by atoms with van der Waals surface area (Å²) in [6, 6.07) is 0. The third-order valence-corrected chi connectivity index (χ3v) is 6.47. The Morgan fingerprint density at radius 1 is 1.03 bits per heavy atom. The molecule has 2 N–H and O–H groups in total. The molecule has 1 saturated heterocycles. The Hall–Kier alpha value is -0.690. The molecule has 166 valence electrons. The second kappa shape index (κ2) is 9.63. The van der Waals surface area contributed by atoms with Crippen LogP contribution in [0.2, 0.25) is 10.6 Å². The van der Waals surface area contributed by atoms with Gasteiger partial charge >= 0.3 is 0 Å². The first-order valence-corrected chi connectivity index (χ1v) is 11.5. The van der Waals surface area contributed by atoms with Crippen LogP contribution in [0.5, 0.6) is 0 Å². The Balaban J connectivity index is 2.28. The van der Waals surface area contributed by atoms with Crippen LogP contribution in [0.1, 0.15) is 74.1 Å². The first kappa shape index (κ1) is 24.6. The number of halogens is 2. The summed E-state index contributed by atoms with van der Waals surface area (Å²) >= 11 is 12.1. The molecule has 0 amide bonds. The van der Waals surface area contributed by atoms with Crippen molar-refractivity contribution in [2.75, 3.05) is 25.0 Å². The fourth-order valence-corrected chi connectivity index (χ4v) is 5.35. The lowest BCUT2D eigenvalue weighted by molar-refractivity contribution is 0.0854. The predicted molar refractivity (Wildman–Crippen MR) is 123 cm³/mol. The number of nitrogens with zero attached hydrogens (tertiary/aromatic N) is 4. The van der Waals surface area contributed by atoms with Crippen molar-refractivity contribution in [1.29, 1.82) is 0 Å². The van der Waals surface area contributed by atoms with E-state index in [0.717, 1.165) is 45.3 Å². The van der Waals surface area contributed by atoms with Crippen molar-refractivity contribution in [3.8, 4) is 0 Å². The van der Waals surface area contributed by atoms with Gasteiger partial charge in [0.1, 0.15) is 0 Å². The zero-order valence-electron chi connectivity index (χ0n) is 19.1. The lowest BCUT2D eigenvalue weighted by Gasteiger charge is -2.52. The molecule has 1 aromatic heterocycles. The van der Waals surface area contributed by atoms with Gasteiger partial charge in [-0.2, -0.15) is 15.0 Å². The highest BCUT2D eigenvalue weighted by molar-refractivity contribution is 6.31. The summed E-state index contributed by atoms with van der Waals surface area (Å²) in [5.41, 5.74) is -0.0664. The largest absolute Gasteiger partial charge is 0.349 e. The van der Waals surface area contributed by atoms with Crippen LogP contribution in [-0.4, -0.2) is 56.1 Å². The molecule has 1 fully saturated rings. The van der Waals surface area contributed by atoms with Gasteiger partial charge in [-0.3, -0.25) is 0 Å². The van der Waals surface area contributed by atoms with Gasteiger partial charge in [-0.15, -0.1) is 0 Å². The van der Waals surface area contributed by atoms with Crippen molar-refractivity contribution in [3.05, 3.63) is 10.6 Å². The highest BCUT2D eigenvalue weighted by Gasteiger charge is 2.45. The summed E-state index contributed by atoms with van der Waals surface area (Å²) in [5.74, 6) is 0.897. The zero-order valence-corrected chi connectivity index (χ0v) is 20.6. The Labute approximate surface area is 186 Å². The van der Waals surface area contributed by atoms with Gasteiger partial charge in [0.2, 0.25) is 16.5 Å². The molecular weight excluding hydrogens is 407 g/mol. The number of hydrogen-bond donors (Lipinski definition) is 2. The standard InChI is InChI=1S/C21H38Cl2N6/c1-8-29(9-2)12-10-11-21(7,27-18-25-16(22)24-17(23)26-18)15-13-19(3,4)28-20(5,6)14-15/h15,28H,8-14H2,1-7H3,(H,24,25,26,27). The van der Waals surface area contributed by atoms with E-state index >= 15 is 0 Å². The number of piperidine rings is 1. The molecule has 6 nitrogen and oxygen atoms in total. The molecule has 0 saturated carbocycles. The maximum absolute atomic E-state index is 6.04. The summed E-state index contributed by atoms with van der Waals surface area (Å²) < 4.78 is 0. The second-order valence-corrected chi connectivity index (χ2v) is 10.5. The Morgan fingerprint density at radius 2 is 1.55 bits per heavy atom. The van der Waals surface area contributed by atoms with Crippen molar-refractivity contribution in [1.82, 2.24) is 25.2 Å². The molecule has 0 radical (unpaired) electrons. The third kappa shape index (κ3) is 7.20. The molecule has 0 aromatic carbocycles. The molecule has 1 atom stereocenters. The van der Waals surface area contributed by atoms with Crippen molar-refractivity contribution < 1.29 is 0 Å². The van der Waals surface area contributed by atoms with Crippen LogP contribution in [0.4, 0.5) is 5.95 Å². The minimum absolute atomic E-state index is 0.0582. The summed E-state index contributed by atoms with van der Waals surface area (Å²) in [7, 11) is 0. The van der Waals surface area contributed by atoms with E-state index in [1.165, 1.54) is 0 Å². The smallest absolute Gasteiger partial charge is 0.228 e. The third-order valence-electron chi connectivity index (χ3n) is 6.13. The van der Waals surface area contributed by atoms with Crippen LogP contribution in [0.25, 0.3) is 0 Å². The lowest BCUT2D eigenvalue weighted by atomic mass is 9.66. The predicted octanol–water partition coefficient (Wildman–Crippen LogP) is 5.03. The fraction of sp³-hybridized carbons (Fsp3) is 0.857. The summed E-state index contributed by atoms with van der Waals surface area (Å²) in [6.07, 6.45) is 4.25. The summed E-state index contributed by atoms with van der Waals surface area (Å²) in [4.78, 5) is 14.9. The fourth-order valence-electron chi connectivity index (χ4n) is 4.99. The quantitative estimate of drug-likeness (QED) is 0.556. The van der Waals surface area contributed by atoms with Gasteiger partial charge in [0.05, 0.1) is 0 Å². The Bertz CT molecular complexity index is 641. The van der Waals surface area contributed by atoms with E-state index in [4.69, 9.17) is 23.2 Å². The molecule has 1 aliphatic heterocycles. The van der Waals surface area contributed by atoms with Gasteiger partial charge in [-0.25, -0.2) is 0 Å². The minimum Gasteiger partial charge on any atom is -0.349 e. The molecule has 0 aliphatic carbocycles. The topological polar surface area (TPSA) is 66.0 Å². The number of rotatable bonds is 9. The summed E-state index contributed by atoms with van der Waals surface area (Å²) in [6.45, 7) is 19.1. The monoisotopic (exact) mass is 444 g/mol. The van der Waals surface area contributed by atoms with Crippen molar-refractivity contribution in [2.45, 2.75) is 90.8 Å². The van der Waals surface area contributed by atoms with Crippen LogP contribution in [0.15, 0.2) is 0 Å². The molecule has 2 heterocycles. The minimum atomic E-state index is -0.183. The molecule has 1 aliphatic rings. The maximum atomic E-state index is 6.04. The highest BCUT2D eigenvalue weighted by Crippen LogP contribution is 2.42. The van der Waals surface area contributed by atoms with E-state index in [1.807, 2.05) is 0 Å². The normalized spacial score (nSPS) is 21.2. The molecule has 29 heavy (non-hydrogen) atoms. The van der Waals surface area contributed by atoms with Crippen LogP contribution >= 0.6 is 23.2 Å². The van der Waals surface area contributed by atoms with Gasteiger partial charge in [-0.1, -0.05) is 13.8 Å². The van der Waals surface area contributed by atoms with E-state index in [2.05, 4.69) is 79.0 Å². The molecule has 1 aromatic rings.